The van der Waals surface area contributed by atoms with E-state index >= 15 is 0 Å². The Hall–Kier alpha value is -4.26. The SMILES string of the molecule is O=C(C=Cc1cccc(F)c1)N1CCCC(c2nc(-c3cccnc3)ncc2-c2ccccc2F)C1. The Morgan fingerprint density at radius 3 is 2.69 bits per heavy atom. The zero-order valence-electron chi connectivity index (χ0n) is 19.5. The Balaban J connectivity index is 1.46. The summed E-state index contributed by atoms with van der Waals surface area (Å²) in [7, 11) is 0. The van der Waals surface area contributed by atoms with Gasteiger partial charge in [-0.3, -0.25) is 9.78 Å². The quantitative estimate of drug-likeness (QED) is 0.332. The van der Waals surface area contributed by atoms with Crippen LogP contribution >= 0.6 is 0 Å². The molecular formula is C29H24F2N4O. The molecule has 1 saturated heterocycles. The summed E-state index contributed by atoms with van der Waals surface area (Å²) in [6.07, 6.45) is 9.71. The molecule has 0 spiro atoms. The number of carbonyl (C=O) groups excluding carboxylic acids is 1. The minimum atomic E-state index is -0.350. The summed E-state index contributed by atoms with van der Waals surface area (Å²) < 4.78 is 28.2. The number of halogens is 2. The zero-order chi connectivity index (χ0) is 24.9. The van der Waals surface area contributed by atoms with Crippen LogP contribution in [0.3, 0.4) is 0 Å². The van der Waals surface area contributed by atoms with Gasteiger partial charge in [0.15, 0.2) is 5.82 Å². The van der Waals surface area contributed by atoms with Crippen LogP contribution in [0.15, 0.2) is 85.3 Å². The van der Waals surface area contributed by atoms with Gasteiger partial charge in [0, 0.05) is 60.4 Å². The number of hydrogen-bond acceptors (Lipinski definition) is 4. The molecule has 7 heteroatoms. The van der Waals surface area contributed by atoms with Gasteiger partial charge in [-0.05, 0) is 54.8 Å². The molecule has 2 aromatic heterocycles. The number of piperidine rings is 1. The monoisotopic (exact) mass is 482 g/mol. The van der Waals surface area contributed by atoms with Crippen molar-refractivity contribution in [2.75, 3.05) is 13.1 Å². The summed E-state index contributed by atoms with van der Waals surface area (Å²) in [6, 6.07) is 16.4. The molecule has 0 radical (unpaired) electrons. The highest BCUT2D eigenvalue weighted by molar-refractivity contribution is 5.92. The van der Waals surface area contributed by atoms with E-state index in [1.807, 2.05) is 12.1 Å². The molecule has 180 valence electrons. The number of amides is 1. The van der Waals surface area contributed by atoms with Gasteiger partial charge in [0.1, 0.15) is 11.6 Å². The fourth-order valence-corrected chi connectivity index (χ4v) is 4.51. The van der Waals surface area contributed by atoms with Gasteiger partial charge in [-0.15, -0.1) is 0 Å². The average Bonchev–Trinajstić information content (AvgIpc) is 2.92. The van der Waals surface area contributed by atoms with Crippen LogP contribution in [0.25, 0.3) is 28.6 Å². The summed E-state index contributed by atoms with van der Waals surface area (Å²) in [6.45, 7) is 1.05. The highest BCUT2D eigenvalue weighted by Gasteiger charge is 2.28. The smallest absolute Gasteiger partial charge is 0.246 e. The number of carbonyl (C=O) groups is 1. The molecule has 0 aliphatic carbocycles. The molecule has 1 atom stereocenters. The lowest BCUT2D eigenvalue weighted by molar-refractivity contribution is -0.127. The summed E-state index contributed by atoms with van der Waals surface area (Å²) in [5.41, 5.74) is 3.15. The Kier molecular flexibility index (Phi) is 6.89. The number of aromatic nitrogens is 3. The Morgan fingerprint density at radius 1 is 1.00 bits per heavy atom. The van der Waals surface area contributed by atoms with Crippen LogP contribution in [0, 0.1) is 11.6 Å². The maximum absolute atomic E-state index is 14.8. The Labute approximate surface area is 208 Å². The van der Waals surface area contributed by atoms with Crippen molar-refractivity contribution in [2.24, 2.45) is 0 Å². The fourth-order valence-electron chi connectivity index (χ4n) is 4.51. The van der Waals surface area contributed by atoms with Crippen molar-refractivity contribution in [3.63, 3.8) is 0 Å². The van der Waals surface area contributed by atoms with Crippen LogP contribution in [0.5, 0.6) is 0 Å². The van der Waals surface area contributed by atoms with Crippen molar-refractivity contribution >= 4 is 12.0 Å². The molecule has 5 nitrogen and oxygen atoms in total. The van der Waals surface area contributed by atoms with Crippen molar-refractivity contribution in [3.05, 3.63) is 108 Å². The largest absolute Gasteiger partial charge is 0.338 e. The minimum absolute atomic E-state index is 0.0988. The van der Waals surface area contributed by atoms with E-state index in [1.165, 1.54) is 24.3 Å². The van der Waals surface area contributed by atoms with E-state index in [-0.39, 0.29) is 23.5 Å². The first-order valence-electron chi connectivity index (χ1n) is 11.8. The highest BCUT2D eigenvalue weighted by Crippen LogP contribution is 2.35. The molecule has 2 aromatic carbocycles. The lowest BCUT2D eigenvalue weighted by Gasteiger charge is -2.32. The van der Waals surface area contributed by atoms with Crippen LogP contribution in [0.1, 0.15) is 30.0 Å². The second-order valence-corrected chi connectivity index (χ2v) is 8.73. The molecular weight excluding hydrogens is 458 g/mol. The van der Waals surface area contributed by atoms with E-state index in [1.54, 1.807) is 59.9 Å². The van der Waals surface area contributed by atoms with Gasteiger partial charge in [0.2, 0.25) is 5.91 Å². The maximum Gasteiger partial charge on any atom is 0.246 e. The van der Waals surface area contributed by atoms with Gasteiger partial charge in [0.25, 0.3) is 0 Å². The zero-order valence-corrected chi connectivity index (χ0v) is 19.5. The van der Waals surface area contributed by atoms with Crippen molar-refractivity contribution < 1.29 is 13.6 Å². The van der Waals surface area contributed by atoms with Crippen molar-refractivity contribution in [2.45, 2.75) is 18.8 Å². The minimum Gasteiger partial charge on any atom is -0.338 e. The third kappa shape index (κ3) is 5.20. The van der Waals surface area contributed by atoms with E-state index in [9.17, 15) is 13.6 Å². The van der Waals surface area contributed by atoms with Crippen LogP contribution in [-0.4, -0.2) is 38.8 Å². The third-order valence-electron chi connectivity index (χ3n) is 6.29. The molecule has 5 rings (SSSR count). The molecule has 4 aromatic rings. The van der Waals surface area contributed by atoms with E-state index in [4.69, 9.17) is 4.98 Å². The van der Waals surface area contributed by atoms with Gasteiger partial charge in [-0.1, -0.05) is 30.3 Å². The highest BCUT2D eigenvalue weighted by atomic mass is 19.1. The third-order valence-corrected chi connectivity index (χ3v) is 6.29. The summed E-state index contributed by atoms with van der Waals surface area (Å²) >= 11 is 0. The fraction of sp³-hybridized carbons (Fsp3) is 0.172. The van der Waals surface area contributed by atoms with Crippen LogP contribution in [0.4, 0.5) is 8.78 Å². The molecule has 0 saturated carbocycles. The normalized spacial score (nSPS) is 15.8. The van der Waals surface area contributed by atoms with Gasteiger partial charge in [-0.2, -0.15) is 0 Å². The van der Waals surface area contributed by atoms with Crippen LogP contribution < -0.4 is 0 Å². The first-order chi connectivity index (χ1) is 17.6. The number of likely N-dealkylation sites (tertiary alicyclic amines) is 1. The first kappa shape index (κ1) is 23.5. The molecule has 36 heavy (non-hydrogen) atoms. The predicted octanol–water partition coefficient (Wildman–Crippen LogP) is 5.90. The molecule has 1 unspecified atom stereocenters. The number of nitrogens with zero attached hydrogens (tertiary/aromatic N) is 4. The van der Waals surface area contributed by atoms with Crippen molar-refractivity contribution in [3.8, 4) is 22.5 Å². The number of pyridine rings is 1. The summed E-state index contributed by atoms with van der Waals surface area (Å²) in [5.74, 6) is -0.446. The van der Waals surface area contributed by atoms with Gasteiger partial charge in [-0.25, -0.2) is 18.7 Å². The van der Waals surface area contributed by atoms with E-state index < -0.39 is 0 Å². The molecule has 1 amide bonds. The number of hydrogen-bond donors (Lipinski definition) is 0. The van der Waals surface area contributed by atoms with Gasteiger partial charge < -0.3 is 4.90 Å². The Morgan fingerprint density at radius 2 is 1.89 bits per heavy atom. The molecule has 1 fully saturated rings. The lowest BCUT2D eigenvalue weighted by atomic mass is 9.89. The summed E-state index contributed by atoms with van der Waals surface area (Å²) in [5, 5.41) is 0. The van der Waals surface area contributed by atoms with Gasteiger partial charge >= 0.3 is 0 Å². The standard InChI is InChI=1S/C29H24F2N4O/c30-23-9-3-6-20(16-23)12-13-27(36)35-15-5-8-22(19-35)28-25(24-10-1-2-11-26(24)31)18-33-29(34-28)21-7-4-14-32-17-21/h1-4,6-7,9-14,16-18,22H,5,8,15,19H2. The summed E-state index contributed by atoms with van der Waals surface area (Å²) in [4.78, 5) is 28.3. The number of rotatable bonds is 5. The molecule has 1 aliphatic heterocycles. The lowest BCUT2D eigenvalue weighted by Crippen LogP contribution is -2.38. The average molecular weight is 483 g/mol. The molecule has 0 N–H and O–H groups in total. The van der Waals surface area contributed by atoms with E-state index in [2.05, 4.69) is 9.97 Å². The van der Waals surface area contributed by atoms with E-state index in [0.717, 1.165) is 18.4 Å². The van der Waals surface area contributed by atoms with Crippen molar-refractivity contribution in [1.29, 1.82) is 0 Å². The predicted molar refractivity (Wildman–Crippen MR) is 135 cm³/mol. The van der Waals surface area contributed by atoms with Crippen LogP contribution in [-0.2, 0) is 4.79 Å². The second-order valence-electron chi connectivity index (χ2n) is 8.73. The Bertz CT molecular complexity index is 1410. The molecule has 3 heterocycles. The van der Waals surface area contributed by atoms with Crippen LogP contribution in [0.2, 0.25) is 0 Å². The van der Waals surface area contributed by atoms with Crippen molar-refractivity contribution in [1.82, 2.24) is 19.9 Å². The van der Waals surface area contributed by atoms with E-state index in [0.29, 0.717) is 41.3 Å². The first-order valence-corrected chi connectivity index (χ1v) is 11.8. The van der Waals surface area contributed by atoms with Gasteiger partial charge in [0.05, 0.1) is 5.69 Å². The number of benzene rings is 2. The molecule has 0 bridgehead atoms. The second kappa shape index (κ2) is 10.6. The maximum atomic E-state index is 14.8. The topological polar surface area (TPSA) is 59.0 Å². The molecule has 1 aliphatic rings.